The normalized spacial score (nSPS) is 15.2. The molecule has 2 aliphatic rings. The summed E-state index contributed by atoms with van der Waals surface area (Å²) in [4.78, 5) is 34.5. The number of β-amino-alcohol motifs (C(OH)–C–C–N with tert-alkyl or cyclic N) is 2. The fourth-order valence-electron chi connectivity index (χ4n) is 5.57. The zero-order valence-corrected chi connectivity index (χ0v) is 46.5. The van der Waals surface area contributed by atoms with Crippen LogP contribution >= 0.6 is 15.9 Å². The molecule has 19 heteroatoms. The van der Waals surface area contributed by atoms with Crippen molar-refractivity contribution in [3.63, 3.8) is 0 Å². The van der Waals surface area contributed by atoms with E-state index in [2.05, 4.69) is 31.0 Å². The second-order valence-electron chi connectivity index (χ2n) is 11.8. The number of aliphatic hydroxyl groups excluding tert-OH is 2. The smallest absolute Gasteiger partial charge is 1.00 e. The fourth-order valence-corrected chi connectivity index (χ4v) is 5.92. The third kappa shape index (κ3) is 20.0. The third-order valence-electron chi connectivity index (χ3n) is 8.15. The van der Waals surface area contributed by atoms with Gasteiger partial charge in [0.2, 0.25) is 0 Å². The van der Waals surface area contributed by atoms with Gasteiger partial charge in [-0.2, -0.15) is 0 Å². The summed E-state index contributed by atoms with van der Waals surface area (Å²) >= 11 is 3.40. The predicted molar refractivity (Wildman–Crippen MR) is 207 cm³/mol. The Morgan fingerprint density at radius 3 is 1.74 bits per heavy atom. The molecule has 6 rings (SSSR count). The Labute approximate surface area is 460 Å². The molecule has 0 spiro atoms. The van der Waals surface area contributed by atoms with E-state index < -0.39 is 17.0 Å². The summed E-state index contributed by atoms with van der Waals surface area (Å²) in [5, 5.41) is 52.3. The van der Waals surface area contributed by atoms with Crippen LogP contribution in [0.25, 0.3) is 22.3 Å². The Bertz CT molecular complexity index is 1840. The molecule has 0 saturated carbocycles. The molecule has 0 amide bonds. The number of alkyl halides is 2. The summed E-state index contributed by atoms with van der Waals surface area (Å²) in [5.74, 6) is 1.38. The first-order valence-corrected chi connectivity index (χ1v) is 17.8. The summed E-state index contributed by atoms with van der Waals surface area (Å²) in [6, 6.07) is 24.8. The van der Waals surface area contributed by atoms with Crippen molar-refractivity contribution < 1.29 is 189 Å². The topological polar surface area (TPSA) is 210 Å². The number of hydrogen-bond donors (Lipinski definition) is 3. The standard InChI is InChI=1S/C18H20N2O4.C14H12BrNO3.C4H9NO.CH3F.CH2O3.2Cs.H/c1-24-18-6-5-13(11-19-8-7-16(21)12-19)9-17(18)14-3-2-4-15(10-14)20(22)23;1-19-14-6-5-10(9-15)7-13(14)11-3-2-4-12(8-11)16(17)18;6-4-1-2-5-3-4;1-2;2-1-4-3;;;/h2-6,9-10,16,21H,7-8,11-12H2,1H3;2-8H,9H2,1H3;4-6H,1-3H2;1H3;1,3H;;;/q;;;;;2*+1;-1/p-1/t16-;;4-;;;;;/m1.1...../s1/i;;;1D;;;;. The van der Waals surface area contributed by atoms with E-state index in [9.17, 15) is 29.7 Å². The number of nitrogens with one attached hydrogen (secondary N) is 1. The maximum absolute atomic E-state index is 11.0. The molecule has 3 N–H and O–H groups in total. The number of aliphatic hydroxyl groups is 2. The van der Waals surface area contributed by atoms with Gasteiger partial charge in [-0.15, -0.1) is 0 Å². The second kappa shape index (κ2) is 31.9. The molecular formula is C38H46BrCs2FN4O11. The van der Waals surface area contributed by atoms with Gasteiger partial charge >= 0.3 is 138 Å². The first-order chi connectivity index (χ1) is 26.9. The quantitative estimate of drug-likeness (QED) is 0.0602. The largest absolute Gasteiger partial charge is 1.00 e. The van der Waals surface area contributed by atoms with Crippen molar-refractivity contribution >= 4 is 33.8 Å². The monoisotopic (exact) mass is 1100 g/mol. The minimum Gasteiger partial charge on any atom is -1.00 e. The van der Waals surface area contributed by atoms with Crippen LogP contribution in [0.15, 0.2) is 84.9 Å². The second-order valence-corrected chi connectivity index (χ2v) is 12.4. The van der Waals surface area contributed by atoms with Gasteiger partial charge in [0, 0.05) is 66.9 Å². The minimum atomic E-state index is -1.00. The van der Waals surface area contributed by atoms with Crippen LogP contribution in [-0.4, -0.2) is 91.2 Å². The number of carbonyl (C=O) groups is 1. The van der Waals surface area contributed by atoms with E-state index in [4.69, 9.17) is 26.0 Å². The average molecular weight is 1100 g/mol. The number of ether oxygens (including phenoxy) is 2. The van der Waals surface area contributed by atoms with Crippen LogP contribution in [0.5, 0.6) is 11.5 Å². The Balaban J connectivity index is 0. The molecule has 0 unspecified atom stereocenters. The van der Waals surface area contributed by atoms with Crippen LogP contribution in [0.4, 0.5) is 15.8 Å². The number of benzene rings is 4. The van der Waals surface area contributed by atoms with Crippen molar-refractivity contribution in [2.75, 3.05) is 47.6 Å². The molecule has 300 valence electrons. The summed E-state index contributed by atoms with van der Waals surface area (Å²) in [6.45, 7) is 3.89. The number of carbonyl (C=O) groups excluding carboxylic acids is 1. The van der Waals surface area contributed by atoms with Crippen LogP contribution < -0.4 is 158 Å². The van der Waals surface area contributed by atoms with Gasteiger partial charge in [-0.05, 0) is 65.9 Å². The van der Waals surface area contributed by atoms with Crippen LogP contribution in [0.3, 0.4) is 0 Å². The first kappa shape index (κ1) is 54.1. The number of nitro groups is 2. The van der Waals surface area contributed by atoms with Crippen molar-refractivity contribution in [2.24, 2.45) is 0 Å². The molecule has 15 nitrogen and oxygen atoms in total. The number of halogens is 2. The van der Waals surface area contributed by atoms with E-state index in [0.717, 1.165) is 77.7 Å². The molecule has 2 atom stereocenters. The molecule has 57 heavy (non-hydrogen) atoms. The fraction of sp³-hybridized carbons (Fsp3) is 0.342. The van der Waals surface area contributed by atoms with Gasteiger partial charge in [0.15, 0.2) is 0 Å². The van der Waals surface area contributed by atoms with E-state index in [1.54, 1.807) is 38.5 Å². The molecule has 2 saturated heterocycles. The Kier molecular flexibility index (Phi) is 30.2. The molecule has 2 fully saturated rings. The number of likely N-dealkylation sites (tertiary alicyclic amines) is 1. The maximum Gasteiger partial charge on any atom is 1.00 e. The van der Waals surface area contributed by atoms with Crippen molar-refractivity contribution in [3.05, 3.63) is 116 Å². The maximum atomic E-state index is 11.0. The van der Waals surface area contributed by atoms with Crippen molar-refractivity contribution in [1.82, 2.24) is 10.2 Å². The number of hydrogen-bond acceptors (Lipinski definition) is 13. The minimum absolute atomic E-state index is 0. The van der Waals surface area contributed by atoms with E-state index in [-0.39, 0.29) is 169 Å². The van der Waals surface area contributed by atoms with Gasteiger partial charge in [0.25, 0.3) is 17.8 Å². The molecular weight excluding hydrogens is 1050 g/mol. The van der Waals surface area contributed by atoms with Gasteiger partial charge in [0.05, 0.1) is 44.8 Å². The Morgan fingerprint density at radius 2 is 1.39 bits per heavy atom. The van der Waals surface area contributed by atoms with Crippen LogP contribution in [0.1, 0.15) is 26.8 Å². The van der Waals surface area contributed by atoms with E-state index in [0.29, 0.717) is 18.0 Å². The number of rotatable bonds is 10. The van der Waals surface area contributed by atoms with E-state index in [1.807, 2.05) is 48.5 Å². The van der Waals surface area contributed by atoms with Crippen LogP contribution in [-0.2, 0) is 21.6 Å². The van der Waals surface area contributed by atoms with E-state index in [1.165, 1.54) is 12.1 Å². The van der Waals surface area contributed by atoms with Gasteiger partial charge in [-0.25, -0.2) is 0 Å². The molecule has 4 aromatic rings. The van der Waals surface area contributed by atoms with Crippen LogP contribution in [0, 0.1) is 20.2 Å². The first-order valence-electron chi connectivity index (χ1n) is 17.4. The average Bonchev–Trinajstić information content (AvgIpc) is 3.88. The number of nitro benzene ring substituents is 2. The van der Waals surface area contributed by atoms with Gasteiger partial charge in [-0.3, -0.25) is 34.3 Å². The molecule has 0 aliphatic carbocycles. The molecule has 2 aliphatic heterocycles. The Hall–Kier alpha value is -0.936. The summed E-state index contributed by atoms with van der Waals surface area (Å²) < 4.78 is 26.2. The molecule has 0 aromatic heterocycles. The SMILES string of the molecule is COc1ccc(CBr)cc1-c1cccc([N+](=O)[O-])c1.COc1ccc(CN2CC[C@@H](O)C2)cc1-c1cccc([N+](=O)[O-])c1.O=CO[O-].O[C@@H]1CCNC1.[2H]CF.[Cs+].[Cs+].[H-]. The third-order valence-corrected chi connectivity index (χ3v) is 8.79. The zero-order valence-electron chi connectivity index (χ0n) is 34.3. The summed E-state index contributed by atoms with van der Waals surface area (Å²) in [5.41, 5.74) is 5.51. The van der Waals surface area contributed by atoms with Crippen molar-refractivity contribution in [2.45, 2.75) is 36.9 Å². The van der Waals surface area contributed by atoms with E-state index >= 15 is 0 Å². The number of methoxy groups -OCH3 is 2. The molecule has 4 aromatic carbocycles. The van der Waals surface area contributed by atoms with Crippen molar-refractivity contribution in [1.29, 1.82) is 0 Å². The molecule has 2 heterocycles. The number of nitrogens with zero attached hydrogens (tertiary/aromatic N) is 3. The van der Waals surface area contributed by atoms with Gasteiger partial charge in [0.1, 0.15) is 11.5 Å². The van der Waals surface area contributed by atoms with Gasteiger partial charge < -0.3 is 36.6 Å². The summed E-state index contributed by atoms with van der Waals surface area (Å²) in [6.07, 6.45) is 1.41. The van der Waals surface area contributed by atoms with Gasteiger partial charge in [-0.1, -0.05) is 52.3 Å². The number of non-ortho nitro benzene ring substituents is 2. The zero-order chi connectivity index (χ0) is 41.5. The molecule has 0 radical (unpaired) electrons. The van der Waals surface area contributed by atoms with Crippen molar-refractivity contribution in [3.8, 4) is 33.8 Å². The Morgan fingerprint density at radius 1 is 0.895 bits per heavy atom. The molecule has 0 bridgehead atoms. The predicted octanol–water partition coefficient (Wildman–Crippen LogP) is -0.516. The summed E-state index contributed by atoms with van der Waals surface area (Å²) in [7, 11) is 2.18. The van der Waals surface area contributed by atoms with Crippen LogP contribution in [0.2, 0.25) is 0 Å².